The zero-order chi connectivity index (χ0) is 10.8. The lowest BCUT2D eigenvalue weighted by Crippen LogP contribution is -2.45. The van der Waals surface area contributed by atoms with Crippen LogP contribution in [0.15, 0.2) is 0 Å². The highest BCUT2D eigenvalue weighted by Gasteiger charge is 2.30. The lowest BCUT2D eigenvalue weighted by molar-refractivity contribution is 0.449. The van der Waals surface area contributed by atoms with E-state index >= 15 is 0 Å². The van der Waals surface area contributed by atoms with Crippen LogP contribution in [0.1, 0.15) is 52.9 Å². The van der Waals surface area contributed by atoms with Crippen molar-refractivity contribution in [3.8, 4) is 0 Å². The first-order valence-corrected chi connectivity index (χ1v) is 6.89. The molecule has 4 heteroatoms. The molecule has 3 nitrogen and oxygen atoms in total. The third kappa shape index (κ3) is 3.58. The van der Waals surface area contributed by atoms with Crippen molar-refractivity contribution in [3.05, 3.63) is 0 Å². The molecule has 0 amide bonds. The molecule has 0 aliphatic heterocycles. The minimum Gasteiger partial charge on any atom is -0.212 e. The molecule has 1 rings (SSSR count). The number of rotatable bonds is 2. The van der Waals surface area contributed by atoms with Crippen LogP contribution >= 0.6 is 0 Å². The Morgan fingerprint density at radius 2 is 1.57 bits per heavy atom. The first-order valence-electron chi connectivity index (χ1n) is 5.34. The van der Waals surface area contributed by atoms with Crippen LogP contribution in [0.3, 0.4) is 0 Å². The fourth-order valence-corrected chi connectivity index (χ4v) is 3.86. The van der Waals surface area contributed by atoms with Gasteiger partial charge < -0.3 is 0 Å². The van der Waals surface area contributed by atoms with Gasteiger partial charge in [0.05, 0.1) is 5.25 Å². The Bertz CT molecular complexity index is 271. The summed E-state index contributed by atoms with van der Waals surface area (Å²) in [6.07, 6.45) is 4.93. The van der Waals surface area contributed by atoms with Gasteiger partial charge in [0.2, 0.25) is 10.0 Å². The van der Waals surface area contributed by atoms with Gasteiger partial charge in [-0.15, -0.1) is 0 Å². The van der Waals surface area contributed by atoms with Gasteiger partial charge in [0.25, 0.3) is 0 Å². The minimum absolute atomic E-state index is 0.157. The molecule has 1 saturated carbocycles. The van der Waals surface area contributed by atoms with Crippen LogP contribution in [0.2, 0.25) is 0 Å². The molecule has 0 atom stereocenters. The Morgan fingerprint density at radius 1 is 1.07 bits per heavy atom. The Morgan fingerprint density at radius 3 is 2.00 bits per heavy atom. The largest absolute Gasteiger partial charge is 0.214 e. The second-order valence-corrected chi connectivity index (χ2v) is 7.12. The maximum atomic E-state index is 11.9. The highest BCUT2D eigenvalue weighted by atomic mass is 32.2. The van der Waals surface area contributed by atoms with E-state index in [-0.39, 0.29) is 10.8 Å². The Hall–Kier alpha value is -0.0900. The first kappa shape index (κ1) is 12.0. The van der Waals surface area contributed by atoms with Crippen molar-refractivity contribution in [3.63, 3.8) is 0 Å². The molecule has 1 aliphatic rings. The van der Waals surface area contributed by atoms with Crippen LogP contribution in [-0.2, 0) is 10.0 Å². The first-order chi connectivity index (χ1) is 6.31. The third-order valence-corrected chi connectivity index (χ3v) is 4.69. The lowest BCUT2D eigenvalue weighted by atomic mass is 10.0. The summed E-state index contributed by atoms with van der Waals surface area (Å²) < 4.78 is 26.5. The predicted molar refractivity (Wildman–Crippen MR) is 58.7 cm³/mol. The van der Waals surface area contributed by atoms with Crippen LogP contribution in [0.4, 0.5) is 0 Å². The smallest absolute Gasteiger partial charge is 0.212 e. The molecule has 1 aliphatic carbocycles. The fourth-order valence-electron chi connectivity index (χ4n) is 1.89. The molecule has 0 aromatic carbocycles. The van der Waals surface area contributed by atoms with Gasteiger partial charge in [0.15, 0.2) is 0 Å². The van der Waals surface area contributed by atoms with Gasteiger partial charge in [-0.2, -0.15) is 0 Å². The average Bonchev–Trinajstić information content (AvgIpc) is 2.01. The van der Waals surface area contributed by atoms with E-state index in [9.17, 15) is 8.42 Å². The summed E-state index contributed by atoms with van der Waals surface area (Å²) in [7, 11) is -3.09. The molecule has 14 heavy (non-hydrogen) atoms. The quantitative estimate of drug-likeness (QED) is 0.772. The zero-order valence-corrected chi connectivity index (χ0v) is 10.2. The molecule has 0 heterocycles. The molecular formula is C10H21NO2S. The molecule has 0 aromatic heterocycles. The molecule has 84 valence electrons. The third-order valence-electron chi connectivity index (χ3n) is 2.44. The maximum Gasteiger partial charge on any atom is 0.214 e. The summed E-state index contributed by atoms with van der Waals surface area (Å²) in [4.78, 5) is 0. The molecule has 0 unspecified atom stereocenters. The van der Waals surface area contributed by atoms with E-state index in [2.05, 4.69) is 4.72 Å². The zero-order valence-electron chi connectivity index (χ0n) is 9.34. The molecule has 0 spiro atoms. The second kappa shape index (κ2) is 4.19. The van der Waals surface area contributed by atoms with Crippen LogP contribution in [-0.4, -0.2) is 19.2 Å². The van der Waals surface area contributed by atoms with E-state index < -0.39 is 10.0 Å². The van der Waals surface area contributed by atoms with Gasteiger partial charge in [-0.3, -0.25) is 0 Å². The van der Waals surface area contributed by atoms with Gasteiger partial charge >= 0.3 is 0 Å². The van der Waals surface area contributed by atoms with Crippen LogP contribution in [0.5, 0.6) is 0 Å². The predicted octanol–water partition coefficient (Wildman–Crippen LogP) is 2.04. The van der Waals surface area contributed by atoms with Crippen molar-refractivity contribution in [2.75, 3.05) is 0 Å². The Balaban J connectivity index is 2.64. The monoisotopic (exact) mass is 219 g/mol. The lowest BCUT2D eigenvalue weighted by Gasteiger charge is -2.27. The van der Waals surface area contributed by atoms with E-state index in [0.717, 1.165) is 25.7 Å². The van der Waals surface area contributed by atoms with Gasteiger partial charge in [0.1, 0.15) is 0 Å². The van der Waals surface area contributed by atoms with Gasteiger partial charge in [-0.05, 0) is 33.6 Å². The normalized spacial score (nSPS) is 21.1. The summed E-state index contributed by atoms with van der Waals surface area (Å²) in [5.74, 6) is 0. The number of hydrogen-bond acceptors (Lipinski definition) is 2. The standard InChI is InChI=1S/C10H21NO2S/c1-10(2,3)11-14(12,13)9-7-5-4-6-8-9/h9,11H,4-8H2,1-3H3. The minimum atomic E-state index is -3.09. The Kier molecular flexibility index (Phi) is 3.58. The van der Waals surface area contributed by atoms with Crippen molar-refractivity contribution >= 4 is 10.0 Å². The van der Waals surface area contributed by atoms with Crippen molar-refractivity contribution in [1.29, 1.82) is 0 Å². The number of hydrogen-bond donors (Lipinski definition) is 1. The van der Waals surface area contributed by atoms with E-state index in [1.54, 1.807) is 0 Å². The highest BCUT2D eigenvalue weighted by Crippen LogP contribution is 2.24. The Labute approximate surface area is 87.3 Å². The van der Waals surface area contributed by atoms with Gasteiger partial charge in [-0.1, -0.05) is 19.3 Å². The van der Waals surface area contributed by atoms with Gasteiger partial charge in [0, 0.05) is 5.54 Å². The highest BCUT2D eigenvalue weighted by molar-refractivity contribution is 7.90. The molecule has 0 saturated heterocycles. The number of sulfonamides is 1. The number of nitrogens with one attached hydrogen (secondary N) is 1. The molecular weight excluding hydrogens is 198 g/mol. The second-order valence-electron chi connectivity index (χ2n) is 5.16. The molecule has 0 radical (unpaired) electrons. The van der Waals surface area contributed by atoms with Crippen molar-refractivity contribution in [1.82, 2.24) is 4.72 Å². The van der Waals surface area contributed by atoms with Gasteiger partial charge in [-0.25, -0.2) is 13.1 Å². The van der Waals surface area contributed by atoms with E-state index in [4.69, 9.17) is 0 Å². The summed E-state index contributed by atoms with van der Waals surface area (Å²) >= 11 is 0. The summed E-state index contributed by atoms with van der Waals surface area (Å²) in [5, 5.41) is -0.157. The van der Waals surface area contributed by atoms with E-state index in [1.807, 2.05) is 20.8 Å². The topological polar surface area (TPSA) is 46.2 Å². The van der Waals surface area contributed by atoms with Crippen LogP contribution < -0.4 is 4.72 Å². The molecule has 1 fully saturated rings. The van der Waals surface area contributed by atoms with Crippen LogP contribution in [0.25, 0.3) is 0 Å². The fraction of sp³-hybridized carbons (Fsp3) is 1.00. The molecule has 1 N–H and O–H groups in total. The molecule has 0 bridgehead atoms. The van der Waals surface area contributed by atoms with E-state index in [0.29, 0.717) is 0 Å². The summed E-state index contributed by atoms with van der Waals surface area (Å²) in [5.41, 5.74) is -0.351. The SMILES string of the molecule is CC(C)(C)NS(=O)(=O)C1CCCCC1. The maximum absolute atomic E-state index is 11.9. The molecule has 0 aromatic rings. The summed E-state index contributed by atoms with van der Waals surface area (Å²) in [6.45, 7) is 5.65. The van der Waals surface area contributed by atoms with Crippen molar-refractivity contribution in [2.24, 2.45) is 0 Å². The van der Waals surface area contributed by atoms with Crippen molar-refractivity contribution in [2.45, 2.75) is 63.7 Å². The van der Waals surface area contributed by atoms with E-state index in [1.165, 1.54) is 6.42 Å². The average molecular weight is 219 g/mol. The summed E-state index contributed by atoms with van der Waals surface area (Å²) in [6, 6.07) is 0. The van der Waals surface area contributed by atoms with Crippen LogP contribution in [0, 0.1) is 0 Å². The van der Waals surface area contributed by atoms with Crippen molar-refractivity contribution < 1.29 is 8.42 Å².